The van der Waals surface area contributed by atoms with Crippen molar-refractivity contribution in [2.24, 2.45) is 0 Å². The number of hydrogen-bond donors (Lipinski definition) is 1. The molecule has 0 aromatic heterocycles. The van der Waals surface area contributed by atoms with Crippen molar-refractivity contribution in [3.63, 3.8) is 0 Å². The van der Waals surface area contributed by atoms with Crippen LogP contribution in [0.5, 0.6) is 0 Å². The molecule has 59 valence electrons. The van der Waals surface area contributed by atoms with Gasteiger partial charge in [0.1, 0.15) is 0 Å². The third-order valence-corrected chi connectivity index (χ3v) is 1.92. The summed E-state index contributed by atoms with van der Waals surface area (Å²) >= 11 is 0. The minimum absolute atomic E-state index is 0.405. The first-order valence-electron chi connectivity index (χ1n) is 4.02. The quantitative estimate of drug-likeness (QED) is 0.612. The molecular weight excluding hydrogens is 126 g/mol. The van der Waals surface area contributed by atoms with E-state index in [4.69, 9.17) is 5.11 Å². The first-order chi connectivity index (χ1) is 4.79. The molecule has 1 aliphatic heterocycles. The summed E-state index contributed by atoms with van der Waals surface area (Å²) in [7, 11) is 0. The van der Waals surface area contributed by atoms with Crippen LogP contribution in [0.25, 0.3) is 0 Å². The fraction of sp³-hybridized carbons (Fsp3) is 0.875. The summed E-state index contributed by atoms with van der Waals surface area (Å²) < 4.78 is 0. The van der Waals surface area contributed by atoms with Crippen LogP contribution in [-0.2, 0) is 0 Å². The first-order valence-corrected chi connectivity index (χ1v) is 4.02. The average molecular weight is 142 g/mol. The Balaban J connectivity index is 2.13. The molecule has 0 unspecified atom stereocenters. The van der Waals surface area contributed by atoms with E-state index in [9.17, 15) is 0 Å². The second-order valence-electron chi connectivity index (χ2n) is 3.02. The number of nitrogens with zero attached hydrogens (tertiary/aromatic N) is 1. The lowest BCUT2D eigenvalue weighted by molar-refractivity contribution is 0.130. The fourth-order valence-electron chi connectivity index (χ4n) is 1.44. The summed E-state index contributed by atoms with van der Waals surface area (Å²) in [6.45, 7) is 6.59. The van der Waals surface area contributed by atoms with E-state index in [-0.39, 0.29) is 0 Å². The number of likely N-dealkylation sites (tertiary alicyclic amines) is 1. The van der Waals surface area contributed by atoms with Crippen LogP contribution >= 0.6 is 0 Å². The standard InChI is InChI=1S/C8H16NO/c1-8(10)7-9-5-3-2-4-6-9/h8,10H,1-7H2/t8-/m1/s1. The van der Waals surface area contributed by atoms with Crippen LogP contribution in [0, 0.1) is 6.92 Å². The Bertz CT molecular complexity index is 87.3. The van der Waals surface area contributed by atoms with Crippen molar-refractivity contribution >= 4 is 0 Å². The van der Waals surface area contributed by atoms with Gasteiger partial charge in [0, 0.05) is 6.54 Å². The third-order valence-electron chi connectivity index (χ3n) is 1.92. The van der Waals surface area contributed by atoms with E-state index < -0.39 is 6.10 Å². The van der Waals surface area contributed by atoms with Crippen molar-refractivity contribution in [3.05, 3.63) is 6.92 Å². The molecule has 1 heterocycles. The van der Waals surface area contributed by atoms with Crippen molar-refractivity contribution < 1.29 is 5.11 Å². The molecule has 0 amide bonds. The maximum atomic E-state index is 8.95. The van der Waals surface area contributed by atoms with E-state index in [1.807, 2.05) is 0 Å². The van der Waals surface area contributed by atoms with Crippen molar-refractivity contribution in [2.75, 3.05) is 19.6 Å². The van der Waals surface area contributed by atoms with Crippen LogP contribution in [0.1, 0.15) is 19.3 Å². The number of hydrogen-bond acceptors (Lipinski definition) is 2. The highest BCUT2D eigenvalue weighted by atomic mass is 16.3. The Morgan fingerprint density at radius 1 is 1.30 bits per heavy atom. The Morgan fingerprint density at radius 3 is 2.40 bits per heavy atom. The van der Waals surface area contributed by atoms with E-state index in [2.05, 4.69) is 11.8 Å². The largest absolute Gasteiger partial charge is 0.392 e. The summed E-state index contributed by atoms with van der Waals surface area (Å²) in [5.74, 6) is 0. The van der Waals surface area contributed by atoms with Crippen LogP contribution in [0.2, 0.25) is 0 Å². The highest BCUT2D eigenvalue weighted by molar-refractivity contribution is 4.69. The van der Waals surface area contributed by atoms with Crippen molar-refractivity contribution in [1.82, 2.24) is 4.90 Å². The van der Waals surface area contributed by atoms with Crippen molar-refractivity contribution in [2.45, 2.75) is 25.4 Å². The van der Waals surface area contributed by atoms with Gasteiger partial charge in [-0.1, -0.05) is 6.42 Å². The zero-order chi connectivity index (χ0) is 7.40. The van der Waals surface area contributed by atoms with E-state index in [1.165, 1.54) is 19.3 Å². The van der Waals surface area contributed by atoms with Gasteiger partial charge in [0.05, 0.1) is 6.10 Å². The lowest BCUT2D eigenvalue weighted by Gasteiger charge is -2.27. The zero-order valence-corrected chi connectivity index (χ0v) is 6.42. The smallest absolute Gasteiger partial charge is 0.0668 e. The molecule has 0 bridgehead atoms. The summed E-state index contributed by atoms with van der Waals surface area (Å²) in [6, 6.07) is 0. The van der Waals surface area contributed by atoms with Gasteiger partial charge in [0.2, 0.25) is 0 Å². The Labute approximate surface area is 62.8 Å². The van der Waals surface area contributed by atoms with Crippen LogP contribution < -0.4 is 0 Å². The normalized spacial score (nSPS) is 24.6. The molecule has 1 fully saturated rings. The third kappa shape index (κ3) is 2.67. The SMILES string of the molecule is [CH2][C@@H](O)CN1CCCCC1. The van der Waals surface area contributed by atoms with Crippen LogP contribution in [0.3, 0.4) is 0 Å². The second-order valence-corrected chi connectivity index (χ2v) is 3.02. The number of β-amino-alcohol motifs (C(OH)–C–C–N with tert-alkyl or cyclic N) is 1. The monoisotopic (exact) mass is 142 g/mol. The Morgan fingerprint density at radius 2 is 1.90 bits per heavy atom. The lowest BCUT2D eigenvalue weighted by Crippen LogP contribution is -2.35. The second kappa shape index (κ2) is 3.94. The minimum Gasteiger partial charge on any atom is -0.392 e. The maximum Gasteiger partial charge on any atom is 0.0668 e. The predicted octanol–water partition coefficient (Wildman–Crippen LogP) is 0.667. The molecule has 0 aromatic carbocycles. The molecule has 1 saturated heterocycles. The van der Waals surface area contributed by atoms with Gasteiger partial charge in [-0.15, -0.1) is 0 Å². The van der Waals surface area contributed by atoms with E-state index in [0.29, 0.717) is 0 Å². The van der Waals surface area contributed by atoms with Crippen molar-refractivity contribution in [3.8, 4) is 0 Å². The maximum absolute atomic E-state index is 8.95. The van der Waals surface area contributed by atoms with E-state index in [0.717, 1.165) is 19.6 Å². The Kier molecular flexibility index (Phi) is 3.16. The fourth-order valence-corrected chi connectivity index (χ4v) is 1.44. The summed E-state index contributed by atoms with van der Waals surface area (Å²) in [4.78, 5) is 2.28. The van der Waals surface area contributed by atoms with E-state index in [1.54, 1.807) is 0 Å². The molecule has 1 radical (unpaired) electrons. The molecule has 1 aliphatic rings. The molecule has 2 nitrogen and oxygen atoms in total. The molecule has 10 heavy (non-hydrogen) atoms. The first kappa shape index (κ1) is 8.02. The van der Waals surface area contributed by atoms with Gasteiger partial charge in [-0.05, 0) is 32.9 Å². The molecule has 2 heteroatoms. The molecule has 0 aliphatic carbocycles. The summed E-state index contributed by atoms with van der Waals surface area (Å²) in [5, 5.41) is 8.95. The molecule has 0 spiro atoms. The molecule has 1 N–H and O–H groups in total. The average Bonchev–Trinajstić information content (AvgIpc) is 1.88. The number of aliphatic hydroxyl groups is 1. The van der Waals surface area contributed by atoms with Gasteiger partial charge < -0.3 is 10.0 Å². The molecule has 0 aromatic rings. The lowest BCUT2D eigenvalue weighted by atomic mass is 10.1. The van der Waals surface area contributed by atoms with Gasteiger partial charge in [-0.25, -0.2) is 0 Å². The van der Waals surface area contributed by atoms with Gasteiger partial charge in [-0.3, -0.25) is 0 Å². The van der Waals surface area contributed by atoms with Gasteiger partial charge in [0.25, 0.3) is 0 Å². The number of piperidine rings is 1. The van der Waals surface area contributed by atoms with Gasteiger partial charge in [-0.2, -0.15) is 0 Å². The highest BCUT2D eigenvalue weighted by Crippen LogP contribution is 2.08. The van der Waals surface area contributed by atoms with Crippen LogP contribution in [0.4, 0.5) is 0 Å². The predicted molar refractivity (Wildman–Crippen MR) is 41.7 cm³/mol. The molecule has 1 atom stereocenters. The van der Waals surface area contributed by atoms with Gasteiger partial charge in [0.15, 0.2) is 0 Å². The minimum atomic E-state index is -0.405. The topological polar surface area (TPSA) is 23.5 Å². The molecule has 1 rings (SSSR count). The summed E-state index contributed by atoms with van der Waals surface area (Å²) in [5.41, 5.74) is 0. The number of rotatable bonds is 2. The summed E-state index contributed by atoms with van der Waals surface area (Å²) in [6.07, 6.45) is 3.52. The molecule has 0 saturated carbocycles. The zero-order valence-electron chi connectivity index (χ0n) is 6.42. The highest BCUT2D eigenvalue weighted by Gasteiger charge is 2.10. The van der Waals surface area contributed by atoms with Gasteiger partial charge >= 0.3 is 0 Å². The van der Waals surface area contributed by atoms with Crippen LogP contribution in [-0.4, -0.2) is 35.7 Å². The molecular formula is C8H16NO. The van der Waals surface area contributed by atoms with E-state index >= 15 is 0 Å². The number of aliphatic hydroxyl groups excluding tert-OH is 1. The Hall–Kier alpha value is -0.0800. The van der Waals surface area contributed by atoms with Crippen molar-refractivity contribution in [1.29, 1.82) is 0 Å². The van der Waals surface area contributed by atoms with Crippen LogP contribution in [0.15, 0.2) is 0 Å².